The predicted molar refractivity (Wildman–Crippen MR) is 126 cm³/mol. The van der Waals surface area contributed by atoms with Gasteiger partial charge in [-0.1, -0.05) is 6.07 Å². The third-order valence-electron chi connectivity index (χ3n) is 8.80. The zero-order valence-electron chi connectivity index (χ0n) is 19.7. The number of carboxylic acid groups (broad SMARTS) is 1. The number of aliphatic hydroxyl groups is 1. The minimum absolute atomic E-state index is 0.0222. The van der Waals surface area contributed by atoms with E-state index in [1.165, 1.54) is 12.8 Å². The molecular formula is C25H34N4O6. The number of hydrogen-bond acceptors (Lipinski definition) is 7. The van der Waals surface area contributed by atoms with Gasteiger partial charge in [-0.2, -0.15) is 0 Å². The summed E-state index contributed by atoms with van der Waals surface area (Å²) >= 11 is 0. The number of aliphatic carboxylic acids is 1. The molecule has 3 fully saturated rings. The van der Waals surface area contributed by atoms with Crippen molar-refractivity contribution in [2.45, 2.75) is 80.5 Å². The summed E-state index contributed by atoms with van der Waals surface area (Å²) in [6.07, 6.45) is 4.31. The van der Waals surface area contributed by atoms with Crippen molar-refractivity contribution in [1.29, 1.82) is 0 Å². The van der Waals surface area contributed by atoms with Gasteiger partial charge in [0.05, 0.1) is 23.6 Å². The number of hydrogen-bond donors (Lipinski definition) is 6. The van der Waals surface area contributed by atoms with Crippen LogP contribution in [0.3, 0.4) is 0 Å². The lowest BCUT2D eigenvalue weighted by Crippen LogP contribution is -2.74. The molecule has 10 heteroatoms. The quantitative estimate of drug-likeness (QED) is 0.311. The largest absolute Gasteiger partial charge is 0.507 e. The van der Waals surface area contributed by atoms with Gasteiger partial charge >= 0.3 is 5.97 Å². The molecule has 190 valence electrons. The number of nitrogens with one attached hydrogen (secondary N) is 1. The van der Waals surface area contributed by atoms with Crippen molar-refractivity contribution in [3.05, 3.63) is 28.8 Å². The smallest absolute Gasteiger partial charge is 0.305 e. The van der Waals surface area contributed by atoms with Crippen LogP contribution >= 0.6 is 0 Å². The molecule has 0 aromatic heterocycles. The highest BCUT2D eigenvalue weighted by Crippen LogP contribution is 2.60. The lowest BCUT2D eigenvalue weighted by atomic mass is 9.48. The molecule has 35 heavy (non-hydrogen) atoms. The molecule has 1 saturated heterocycles. The SMILES string of the molecule is NC(=O)c1ccc2c(c1O)[C@@]13CCN(CC4CC4)[C@@H](C2)[C@]1(O)CC[C@@H](NC(=O)[C@@H](N)CC(=O)O)C3. The lowest BCUT2D eigenvalue weighted by molar-refractivity contribution is -0.172. The summed E-state index contributed by atoms with van der Waals surface area (Å²) in [6.45, 7) is 1.68. The van der Waals surface area contributed by atoms with Crippen molar-refractivity contribution in [3.8, 4) is 5.75 Å². The van der Waals surface area contributed by atoms with Crippen molar-refractivity contribution < 1.29 is 29.7 Å². The monoisotopic (exact) mass is 486 g/mol. The van der Waals surface area contributed by atoms with Gasteiger partial charge in [0.2, 0.25) is 5.91 Å². The number of benzene rings is 1. The van der Waals surface area contributed by atoms with Gasteiger partial charge in [-0.3, -0.25) is 19.3 Å². The first kappa shape index (κ1) is 24.0. The van der Waals surface area contributed by atoms with E-state index >= 15 is 0 Å². The van der Waals surface area contributed by atoms with E-state index in [0.29, 0.717) is 43.6 Å². The van der Waals surface area contributed by atoms with E-state index in [9.17, 15) is 24.6 Å². The standard InChI is InChI=1S/C25H34N4O6/c26-17(10-19(30)31)23(34)28-15-5-6-25(35)18-9-14-3-4-16(22(27)33)21(32)20(14)24(25,11-15)7-8-29(18)12-13-1-2-13/h3-4,13,15,17-18,32,35H,1-2,5-12,26H2,(H2,27,33)(H,28,34)(H,30,31)/t15-,17+,18+,24+,25-/m1/s1. The summed E-state index contributed by atoms with van der Waals surface area (Å²) in [5, 5.41) is 35.5. The second kappa shape index (κ2) is 8.46. The van der Waals surface area contributed by atoms with E-state index in [2.05, 4.69) is 10.2 Å². The molecule has 1 aliphatic heterocycles. The van der Waals surface area contributed by atoms with Gasteiger partial charge in [0, 0.05) is 29.6 Å². The fourth-order valence-corrected chi connectivity index (χ4v) is 6.98. The first-order chi connectivity index (χ1) is 16.6. The molecule has 2 saturated carbocycles. The first-order valence-corrected chi connectivity index (χ1v) is 12.4. The van der Waals surface area contributed by atoms with Gasteiger partial charge in [-0.25, -0.2) is 0 Å². The summed E-state index contributed by atoms with van der Waals surface area (Å²) in [5.41, 5.74) is 10.8. The summed E-state index contributed by atoms with van der Waals surface area (Å²) in [7, 11) is 0. The van der Waals surface area contributed by atoms with Crippen molar-refractivity contribution >= 4 is 17.8 Å². The zero-order valence-corrected chi connectivity index (χ0v) is 19.7. The van der Waals surface area contributed by atoms with Gasteiger partial charge in [0.15, 0.2) is 0 Å². The van der Waals surface area contributed by atoms with E-state index in [0.717, 1.165) is 18.7 Å². The fraction of sp³-hybridized carbons (Fsp3) is 0.640. The molecule has 0 spiro atoms. The summed E-state index contributed by atoms with van der Waals surface area (Å²) in [6, 6.07) is 1.71. The molecule has 0 unspecified atom stereocenters. The van der Waals surface area contributed by atoms with Crippen molar-refractivity contribution in [1.82, 2.24) is 10.2 Å². The fourth-order valence-electron chi connectivity index (χ4n) is 6.98. The first-order valence-electron chi connectivity index (χ1n) is 12.4. The normalized spacial score (nSPS) is 32.7. The van der Waals surface area contributed by atoms with Gasteiger partial charge in [0.1, 0.15) is 5.75 Å². The van der Waals surface area contributed by atoms with Gasteiger partial charge in [-0.05, 0) is 69.0 Å². The predicted octanol–water partition coefficient (Wildman–Crippen LogP) is -0.0289. The number of carbonyl (C=O) groups is 3. The summed E-state index contributed by atoms with van der Waals surface area (Å²) in [5.74, 6) is -1.96. The average Bonchev–Trinajstić information content (AvgIpc) is 3.59. The molecule has 8 N–H and O–H groups in total. The Hall–Kier alpha value is -2.69. The maximum absolute atomic E-state index is 12.6. The third kappa shape index (κ3) is 3.88. The number of carboxylic acids is 1. The highest BCUT2D eigenvalue weighted by Gasteiger charge is 2.65. The molecule has 1 heterocycles. The number of primary amides is 1. The van der Waals surface area contributed by atoms with Crippen LogP contribution in [0.2, 0.25) is 0 Å². The Labute approximate surface area is 203 Å². The minimum Gasteiger partial charge on any atom is -0.507 e. The van der Waals surface area contributed by atoms with Crippen LogP contribution in [-0.4, -0.2) is 74.8 Å². The van der Waals surface area contributed by atoms with Crippen LogP contribution in [-0.2, 0) is 21.4 Å². The van der Waals surface area contributed by atoms with Crippen LogP contribution in [0.5, 0.6) is 5.75 Å². The molecule has 3 aliphatic carbocycles. The average molecular weight is 487 g/mol. The number of fused-ring (bicyclic) bond motifs is 1. The second-order valence-corrected chi connectivity index (χ2v) is 10.9. The number of rotatable bonds is 7. The Morgan fingerprint density at radius 3 is 2.60 bits per heavy atom. The third-order valence-corrected chi connectivity index (χ3v) is 8.80. The molecule has 1 aromatic carbocycles. The molecule has 0 radical (unpaired) electrons. The van der Waals surface area contributed by atoms with Gasteiger partial charge in [0.25, 0.3) is 5.91 Å². The number of aromatic hydroxyl groups is 1. The van der Waals surface area contributed by atoms with Crippen LogP contribution in [0.4, 0.5) is 0 Å². The number of nitrogens with zero attached hydrogens (tertiary/aromatic N) is 1. The Bertz CT molecular complexity index is 1070. The molecular weight excluding hydrogens is 452 g/mol. The van der Waals surface area contributed by atoms with E-state index < -0.39 is 41.3 Å². The zero-order chi connectivity index (χ0) is 25.1. The van der Waals surface area contributed by atoms with Crippen molar-refractivity contribution in [2.24, 2.45) is 17.4 Å². The molecule has 2 bridgehead atoms. The molecule has 2 amide bonds. The van der Waals surface area contributed by atoms with E-state index in [1.807, 2.05) is 6.07 Å². The van der Waals surface area contributed by atoms with Crippen LogP contribution in [0.15, 0.2) is 12.1 Å². The molecule has 5 rings (SSSR count). The number of nitrogens with two attached hydrogens (primary N) is 2. The Morgan fingerprint density at radius 2 is 1.94 bits per heavy atom. The Kier molecular flexibility index (Phi) is 5.81. The number of likely N-dealkylation sites (tertiary alicyclic amines) is 1. The second-order valence-electron chi connectivity index (χ2n) is 10.9. The lowest BCUT2D eigenvalue weighted by Gasteiger charge is -2.65. The molecule has 5 atom stereocenters. The van der Waals surface area contributed by atoms with Crippen molar-refractivity contribution in [2.75, 3.05) is 13.1 Å². The Balaban J connectivity index is 1.53. The molecule has 1 aromatic rings. The van der Waals surface area contributed by atoms with Crippen LogP contribution in [0.25, 0.3) is 0 Å². The molecule has 4 aliphatic rings. The Morgan fingerprint density at radius 1 is 1.20 bits per heavy atom. The van der Waals surface area contributed by atoms with Crippen molar-refractivity contribution in [3.63, 3.8) is 0 Å². The summed E-state index contributed by atoms with van der Waals surface area (Å²) < 4.78 is 0. The maximum Gasteiger partial charge on any atom is 0.305 e. The van der Waals surface area contributed by atoms with Crippen LogP contribution in [0.1, 0.15) is 66.4 Å². The molecule has 10 nitrogen and oxygen atoms in total. The van der Waals surface area contributed by atoms with E-state index in [-0.39, 0.29) is 23.4 Å². The topological polar surface area (TPSA) is 179 Å². The highest BCUT2D eigenvalue weighted by molar-refractivity contribution is 5.96. The number of carbonyl (C=O) groups excluding carboxylic acids is 2. The number of phenols is 1. The van der Waals surface area contributed by atoms with Gasteiger partial charge < -0.3 is 32.1 Å². The van der Waals surface area contributed by atoms with Gasteiger partial charge in [-0.15, -0.1) is 0 Å². The van der Waals surface area contributed by atoms with Crippen LogP contribution < -0.4 is 16.8 Å². The minimum atomic E-state index is -1.17. The maximum atomic E-state index is 12.6. The summed E-state index contributed by atoms with van der Waals surface area (Å²) in [4.78, 5) is 38.0. The van der Waals surface area contributed by atoms with E-state index in [4.69, 9.17) is 16.6 Å². The number of piperidine rings is 1. The van der Waals surface area contributed by atoms with E-state index in [1.54, 1.807) is 6.07 Å². The highest BCUT2D eigenvalue weighted by atomic mass is 16.4. The van der Waals surface area contributed by atoms with Crippen LogP contribution in [0, 0.1) is 5.92 Å². The number of amides is 2.